The monoisotopic (exact) mass is 232 g/mol. The first-order valence-electron chi connectivity index (χ1n) is 5.72. The maximum absolute atomic E-state index is 5.62. The van der Waals surface area contributed by atoms with E-state index in [-0.39, 0.29) is 5.60 Å². The Hall–Kier alpha value is 0.230. The van der Waals surface area contributed by atoms with Gasteiger partial charge in [0, 0.05) is 18.4 Å². The zero-order chi connectivity index (χ0) is 11.3. The average Bonchev–Trinajstić information content (AvgIpc) is 2.72. The highest BCUT2D eigenvalue weighted by atomic mass is 32.2. The van der Waals surface area contributed by atoms with Crippen LogP contribution in [0.4, 0.5) is 0 Å². The largest absolute Gasteiger partial charge is 0.379 e. The molecule has 4 heteroatoms. The van der Waals surface area contributed by atoms with Gasteiger partial charge in [0.05, 0.1) is 5.60 Å². The number of hydrogen-bond donors (Lipinski definition) is 2. The van der Waals surface area contributed by atoms with Crippen LogP contribution in [-0.4, -0.2) is 29.8 Å². The molecule has 1 aliphatic heterocycles. The van der Waals surface area contributed by atoms with Gasteiger partial charge in [-0.05, 0) is 45.3 Å². The van der Waals surface area contributed by atoms with Gasteiger partial charge in [0.15, 0.2) is 0 Å². The number of methoxy groups -OCH3 is 1. The van der Waals surface area contributed by atoms with Crippen LogP contribution in [0.15, 0.2) is 0 Å². The van der Waals surface area contributed by atoms with Crippen LogP contribution in [0.25, 0.3) is 0 Å². The van der Waals surface area contributed by atoms with Crippen molar-refractivity contribution in [2.45, 2.75) is 56.4 Å². The SMILES string of the molecule is COC(C)(C)CCC(NN)C1CCCS1. The highest BCUT2D eigenvalue weighted by molar-refractivity contribution is 8.00. The molecule has 0 spiro atoms. The van der Waals surface area contributed by atoms with E-state index in [1.54, 1.807) is 7.11 Å². The molecule has 0 aromatic rings. The number of rotatable bonds is 6. The predicted octanol–water partition coefficient (Wildman–Crippen LogP) is 1.92. The summed E-state index contributed by atoms with van der Waals surface area (Å²) in [4.78, 5) is 0. The summed E-state index contributed by atoms with van der Waals surface area (Å²) in [6.07, 6.45) is 4.78. The second-order valence-corrected chi connectivity index (χ2v) is 6.17. The first-order valence-corrected chi connectivity index (χ1v) is 6.77. The van der Waals surface area contributed by atoms with E-state index >= 15 is 0 Å². The minimum absolute atomic E-state index is 0.0294. The van der Waals surface area contributed by atoms with E-state index in [2.05, 4.69) is 19.3 Å². The molecule has 1 heterocycles. The van der Waals surface area contributed by atoms with Gasteiger partial charge in [0.25, 0.3) is 0 Å². The van der Waals surface area contributed by atoms with Crippen LogP contribution < -0.4 is 11.3 Å². The van der Waals surface area contributed by atoms with E-state index in [0.29, 0.717) is 11.3 Å². The van der Waals surface area contributed by atoms with Gasteiger partial charge in [-0.25, -0.2) is 0 Å². The van der Waals surface area contributed by atoms with E-state index in [1.807, 2.05) is 11.8 Å². The van der Waals surface area contributed by atoms with Crippen molar-refractivity contribution in [1.29, 1.82) is 0 Å². The topological polar surface area (TPSA) is 47.3 Å². The lowest BCUT2D eigenvalue weighted by molar-refractivity contribution is 0.0117. The average molecular weight is 232 g/mol. The number of nitrogens with two attached hydrogens (primary N) is 1. The van der Waals surface area contributed by atoms with Gasteiger partial charge >= 0.3 is 0 Å². The van der Waals surface area contributed by atoms with Crippen LogP contribution in [0.3, 0.4) is 0 Å². The van der Waals surface area contributed by atoms with Crippen molar-refractivity contribution in [2.75, 3.05) is 12.9 Å². The van der Waals surface area contributed by atoms with E-state index in [1.165, 1.54) is 18.6 Å². The molecule has 0 aliphatic carbocycles. The lowest BCUT2D eigenvalue weighted by Crippen LogP contribution is -2.43. The van der Waals surface area contributed by atoms with Gasteiger partial charge in [-0.3, -0.25) is 11.3 Å². The first kappa shape index (κ1) is 13.3. The van der Waals surface area contributed by atoms with Crippen molar-refractivity contribution >= 4 is 11.8 Å². The third kappa shape index (κ3) is 4.31. The standard InChI is InChI=1S/C11H24N2OS/c1-11(2,14-3)7-6-9(13-12)10-5-4-8-15-10/h9-10,13H,4-8,12H2,1-3H3. The van der Waals surface area contributed by atoms with Crippen LogP contribution in [-0.2, 0) is 4.74 Å². The Kier molecular flexibility index (Phi) is 5.39. The molecule has 1 rings (SSSR count). The van der Waals surface area contributed by atoms with Crippen LogP contribution >= 0.6 is 11.8 Å². The molecule has 0 saturated carbocycles. The molecule has 90 valence electrons. The smallest absolute Gasteiger partial charge is 0.0623 e. The number of hydrogen-bond acceptors (Lipinski definition) is 4. The van der Waals surface area contributed by atoms with Gasteiger partial charge in [0.1, 0.15) is 0 Å². The molecule has 15 heavy (non-hydrogen) atoms. The summed E-state index contributed by atoms with van der Waals surface area (Å²) >= 11 is 2.05. The van der Waals surface area contributed by atoms with E-state index < -0.39 is 0 Å². The van der Waals surface area contributed by atoms with Crippen molar-refractivity contribution in [2.24, 2.45) is 5.84 Å². The van der Waals surface area contributed by atoms with Crippen molar-refractivity contribution < 1.29 is 4.74 Å². The maximum atomic E-state index is 5.62. The zero-order valence-electron chi connectivity index (χ0n) is 10.1. The van der Waals surface area contributed by atoms with Crippen LogP contribution in [0.1, 0.15) is 39.5 Å². The molecule has 2 unspecified atom stereocenters. The predicted molar refractivity (Wildman–Crippen MR) is 66.9 cm³/mol. The fraction of sp³-hybridized carbons (Fsp3) is 1.00. The molecule has 3 N–H and O–H groups in total. The summed E-state index contributed by atoms with van der Waals surface area (Å²) in [5, 5.41) is 0.697. The van der Waals surface area contributed by atoms with E-state index in [0.717, 1.165) is 12.8 Å². The number of thioether (sulfide) groups is 1. The van der Waals surface area contributed by atoms with Crippen molar-refractivity contribution in [1.82, 2.24) is 5.43 Å². The van der Waals surface area contributed by atoms with Crippen molar-refractivity contribution in [3.05, 3.63) is 0 Å². The minimum atomic E-state index is -0.0294. The Morgan fingerprint density at radius 3 is 2.80 bits per heavy atom. The van der Waals surface area contributed by atoms with Gasteiger partial charge in [0.2, 0.25) is 0 Å². The van der Waals surface area contributed by atoms with Crippen molar-refractivity contribution in [3.8, 4) is 0 Å². The number of nitrogens with one attached hydrogen (secondary N) is 1. The highest BCUT2D eigenvalue weighted by Crippen LogP contribution is 2.31. The molecule has 2 atom stereocenters. The molecule has 0 amide bonds. The van der Waals surface area contributed by atoms with Crippen LogP contribution in [0, 0.1) is 0 Å². The quantitative estimate of drug-likeness (QED) is 0.542. The summed E-state index contributed by atoms with van der Waals surface area (Å²) < 4.78 is 5.42. The fourth-order valence-corrected chi connectivity index (χ4v) is 3.32. The summed E-state index contributed by atoms with van der Waals surface area (Å²) in [7, 11) is 1.77. The van der Waals surface area contributed by atoms with Gasteiger partial charge < -0.3 is 4.74 Å². The molecular weight excluding hydrogens is 208 g/mol. The molecular formula is C11H24N2OS. The lowest BCUT2D eigenvalue weighted by atomic mass is 9.96. The Morgan fingerprint density at radius 2 is 2.33 bits per heavy atom. The second kappa shape index (κ2) is 6.09. The Labute approximate surface area is 97.5 Å². The molecule has 0 aromatic carbocycles. The lowest BCUT2D eigenvalue weighted by Gasteiger charge is -2.28. The Bertz CT molecular complexity index is 181. The Morgan fingerprint density at radius 1 is 1.60 bits per heavy atom. The molecule has 1 fully saturated rings. The van der Waals surface area contributed by atoms with Gasteiger partial charge in [-0.1, -0.05) is 0 Å². The summed E-state index contributed by atoms with van der Waals surface area (Å²) in [5.41, 5.74) is 2.93. The van der Waals surface area contributed by atoms with Gasteiger partial charge in [-0.15, -0.1) is 0 Å². The molecule has 1 saturated heterocycles. The third-order valence-corrected chi connectivity index (χ3v) is 4.75. The highest BCUT2D eigenvalue weighted by Gasteiger charge is 2.27. The normalized spacial score (nSPS) is 24.4. The zero-order valence-corrected chi connectivity index (χ0v) is 10.9. The van der Waals surface area contributed by atoms with E-state index in [9.17, 15) is 0 Å². The van der Waals surface area contributed by atoms with E-state index in [4.69, 9.17) is 10.6 Å². The summed E-state index contributed by atoms with van der Waals surface area (Å²) in [6.45, 7) is 4.25. The van der Waals surface area contributed by atoms with Crippen LogP contribution in [0.5, 0.6) is 0 Å². The van der Waals surface area contributed by atoms with Crippen LogP contribution in [0.2, 0.25) is 0 Å². The third-order valence-electron chi connectivity index (χ3n) is 3.24. The first-order chi connectivity index (χ1) is 7.09. The number of ether oxygens (including phenoxy) is 1. The maximum Gasteiger partial charge on any atom is 0.0623 e. The molecule has 0 radical (unpaired) electrons. The summed E-state index contributed by atoms with van der Waals surface area (Å²) in [5.74, 6) is 6.91. The minimum Gasteiger partial charge on any atom is -0.379 e. The molecule has 1 aliphatic rings. The summed E-state index contributed by atoms with van der Waals surface area (Å²) in [6, 6.07) is 0.437. The molecule has 3 nitrogen and oxygen atoms in total. The molecule has 0 bridgehead atoms. The number of hydrazine groups is 1. The molecule has 0 aromatic heterocycles. The fourth-order valence-electron chi connectivity index (χ4n) is 1.90. The second-order valence-electron chi connectivity index (χ2n) is 4.83. The Balaban J connectivity index is 2.33. The van der Waals surface area contributed by atoms with Gasteiger partial charge in [-0.2, -0.15) is 11.8 Å². The van der Waals surface area contributed by atoms with Crippen molar-refractivity contribution in [3.63, 3.8) is 0 Å².